The molecule has 2 amide bonds. The fourth-order valence-electron chi connectivity index (χ4n) is 2.37. The summed E-state index contributed by atoms with van der Waals surface area (Å²) in [4.78, 5) is 31.4. The van der Waals surface area contributed by atoms with Crippen molar-refractivity contribution in [2.75, 3.05) is 11.9 Å². The number of furan rings is 1. The summed E-state index contributed by atoms with van der Waals surface area (Å²) in [6.07, 6.45) is 2.18. The number of rotatable bonds is 3. The van der Waals surface area contributed by atoms with Gasteiger partial charge in [0.25, 0.3) is 5.91 Å². The third-order valence-electron chi connectivity index (χ3n) is 3.50. The number of anilines is 1. The quantitative estimate of drug-likeness (QED) is 0.943. The van der Waals surface area contributed by atoms with Gasteiger partial charge in [-0.3, -0.25) is 14.9 Å². The lowest BCUT2D eigenvalue weighted by molar-refractivity contribution is -0.135. The van der Waals surface area contributed by atoms with Gasteiger partial charge in [-0.1, -0.05) is 25.2 Å². The average molecular weight is 319 g/mol. The van der Waals surface area contributed by atoms with Gasteiger partial charge in [-0.2, -0.15) is 0 Å². The number of fused-ring (bicyclic) bond motifs is 1. The fourth-order valence-corrected chi connectivity index (χ4v) is 3.39. The van der Waals surface area contributed by atoms with Crippen LogP contribution in [0, 0.1) is 5.92 Å². The van der Waals surface area contributed by atoms with Gasteiger partial charge in [0, 0.05) is 23.8 Å². The van der Waals surface area contributed by atoms with E-state index in [9.17, 15) is 9.59 Å². The van der Waals surface area contributed by atoms with Crippen LogP contribution < -0.4 is 5.32 Å². The van der Waals surface area contributed by atoms with Crippen LogP contribution in [-0.4, -0.2) is 28.2 Å². The van der Waals surface area contributed by atoms with E-state index in [-0.39, 0.29) is 23.5 Å². The predicted octanol–water partition coefficient (Wildman–Crippen LogP) is 2.53. The van der Waals surface area contributed by atoms with Gasteiger partial charge in [0.1, 0.15) is 0 Å². The van der Waals surface area contributed by atoms with Crippen molar-refractivity contribution in [2.45, 2.75) is 26.8 Å². The Morgan fingerprint density at radius 3 is 2.95 bits per heavy atom. The van der Waals surface area contributed by atoms with Crippen LogP contribution in [-0.2, 0) is 17.8 Å². The lowest BCUT2D eigenvalue weighted by Crippen LogP contribution is -2.37. The molecule has 0 aromatic carbocycles. The van der Waals surface area contributed by atoms with Crippen molar-refractivity contribution in [1.82, 2.24) is 9.88 Å². The predicted molar refractivity (Wildman–Crippen MR) is 82.7 cm³/mol. The van der Waals surface area contributed by atoms with Crippen LogP contribution in [0.15, 0.2) is 22.8 Å². The van der Waals surface area contributed by atoms with Crippen LogP contribution in [0.2, 0.25) is 0 Å². The van der Waals surface area contributed by atoms with Crippen molar-refractivity contribution in [1.29, 1.82) is 0 Å². The minimum Gasteiger partial charge on any atom is -0.459 e. The second kappa shape index (κ2) is 5.92. The smallest absolute Gasteiger partial charge is 0.293 e. The Morgan fingerprint density at radius 1 is 1.45 bits per heavy atom. The molecule has 1 aliphatic heterocycles. The highest BCUT2D eigenvalue weighted by atomic mass is 32.1. The maximum Gasteiger partial charge on any atom is 0.293 e. The maximum atomic E-state index is 12.1. The number of hydrogen-bond acceptors (Lipinski definition) is 5. The van der Waals surface area contributed by atoms with Crippen LogP contribution in [0.4, 0.5) is 5.13 Å². The van der Waals surface area contributed by atoms with E-state index >= 15 is 0 Å². The molecule has 2 aromatic heterocycles. The summed E-state index contributed by atoms with van der Waals surface area (Å²) in [6, 6.07) is 3.27. The zero-order chi connectivity index (χ0) is 15.7. The van der Waals surface area contributed by atoms with Crippen molar-refractivity contribution < 1.29 is 14.0 Å². The third-order valence-corrected chi connectivity index (χ3v) is 4.50. The second-order valence-corrected chi connectivity index (χ2v) is 6.57. The highest BCUT2D eigenvalue weighted by Gasteiger charge is 2.26. The summed E-state index contributed by atoms with van der Waals surface area (Å²) >= 11 is 1.42. The molecule has 2 aromatic rings. The van der Waals surface area contributed by atoms with E-state index in [0.717, 1.165) is 17.0 Å². The molecule has 0 radical (unpaired) electrons. The number of amides is 2. The molecule has 0 bridgehead atoms. The van der Waals surface area contributed by atoms with E-state index in [1.807, 2.05) is 18.7 Å². The zero-order valence-corrected chi connectivity index (χ0v) is 13.3. The van der Waals surface area contributed by atoms with E-state index in [1.165, 1.54) is 17.6 Å². The summed E-state index contributed by atoms with van der Waals surface area (Å²) in [5.74, 6) is 0.0869. The van der Waals surface area contributed by atoms with Crippen molar-refractivity contribution in [2.24, 2.45) is 5.92 Å². The standard InChI is InChI=1S/C15H17N3O3S/c1-9(2)14(20)18-6-5-10-12(8-18)22-15(16-10)17-13(19)11-4-3-7-21-11/h3-4,7,9H,5-6,8H2,1-2H3,(H,16,17,19). The minimum atomic E-state index is -0.314. The largest absolute Gasteiger partial charge is 0.459 e. The van der Waals surface area contributed by atoms with Crippen LogP contribution in [0.5, 0.6) is 0 Å². The van der Waals surface area contributed by atoms with E-state index < -0.39 is 0 Å². The normalized spacial score (nSPS) is 14.0. The first-order valence-electron chi connectivity index (χ1n) is 7.17. The number of thiazole rings is 1. The first-order valence-corrected chi connectivity index (χ1v) is 7.98. The van der Waals surface area contributed by atoms with Gasteiger partial charge in [-0.25, -0.2) is 4.98 Å². The summed E-state index contributed by atoms with van der Waals surface area (Å²) in [5.41, 5.74) is 0.965. The molecule has 3 rings (SSSR count). The molecular formula is C15H17N3O3S. The van der Waals surface area contributed by atoms with Crippen LogP contribution >= 0.6 is 11.3 Å². The van der Waals surface area contributed by atoms with Gasteiger partial charge in [0.15, 0.2) is 10.9 Å². The van der Waals surface area contributed by atoms with Gasteiger partial charge in [0.2, 0.25) is 5.91 Å². The summed E-state index contributed by atoms with van der Waals surface area (Å²) in [5, 5.41) is 3.29. The van der Waals surface area contributed by atoms with E-state index in [1.54, 1.807) is 12.1 Å². The lowest BCUT2D eigenvalue weighted by atomic mass is 10.1. The van der Waals surface area contributed by atoms with Gasteiger partial charge in [-0.05, 0) is 12.1 Å². The topological polar surface area (TPSA) is 75.4 Å². The maximum absolute atomic E-state index is 12.1. The number of nitrogens with zero attached hydrogens (tertiary/aromatic N) is 2. The Labute approximate surface area is 132 Å². The molecule has 0 spiro atoms. The highest BCUT2D eigenvalue weighted by molar-refractivity contribution is 7.15. The van der Waals surface area contributed by atoms with Crippen molar-refractivity contribution in [3.05, 3.63) is 34.7 Å². The first-order chi connectivity index (χ1) is 10.5. The van der Waals surface area contributed by atoms with E-state index in [0.29, 0.717) is 18.2 Å². The number of nitrogens with one attached hydrogen (secondary N) is 1. The molecule has 0 aliphatic carbocycles. The molecule has 0 unspecified atom stereocenters. The Morgan fingerprint density at radius 2 is 2.27 bits per heavy atom. The first kappa shape index (κ1) is 14.8. The Kier molecular flexibility index (Phi) is 3.98. The average Bonchev–Trinajstić information content (AvgIpc) is 3.14. The Bertz CT molecular complexity index is 691. The molecule has 116 valence electrons. The molecule has 1 aliphatic rings. The summed E-state index contributed by atoms with van der Waals surface area (Å²) < 4.78 is 5.06. The molecule has 1 N–H and O–H groups in total. The molecule has 0 fully saturated rings. The molecule has 7 heteroatoms. The van der Waals surface area contributed by atoms with Gasteiger partial charge in [0.05, 0.1) is 18.5 Å². The molecule has 22 heavy (non-hydrogen) atoms. The molecule has 3 heterocycles. The molecule has 0 saturated carbocycles. The summed E-state index contributed by atoms with van der Waals surface area (Å²) in [6.45, 7) is 5.05. The van der Waals surface area contributed by atoms with Crippen LogP contribution in [0.1, 0.15) is 35.0 Å². The monoisotopic (exact) mass is 319 g/mol. The minimum absolute atomic E-state index is 0.00685. The second-order valence-electron chi connectivity index (χ2n) is 5.48. The van der Waals surface area contributed by atoms with Crippen molar-refractivity contribution in [3.63, 3.8) is 0 Å². The highest BCUT2D eigenvalue weighted by Crippen LogP contribution is 2.29. The van der Waals surface area contributed by atoms with Gasteiger partial charge in [-0.15, -0.1) is 0 Å². The fraction of sp³-hybridized carbons (Fsp3) is 0.400. The lowest BCUT2D eigenvalue weighted by Gasteiger charge is -2.27. The zero-order valence-electron chi connectivity index (χ0n) is 12.5. The van der Waals surface area contributed by atoms with Gasteiger partial charge >= 0.3 is 0 Å². The van der Waals surface area contributed by atoms with E-state index in [4.69, 9.17) is 4.42 Å². The molecule has 0 atom stereocenters. The number of hydrogen-bond donors (Lipinski definition) is 1. The van der Waals surface area contributed by atoms with Crippen LogP contribution in [0.25, 0.3) is 0 Å². The molecule has 0 saturated heterocycles. The summed E-state index contributed by atoms with van der Waals surface area (Å²) in [7, 11) is 0. The van der Waals surface area contributed by atoms with Crippen molar-refractivity contribution >= 4 is 28.3 Å². The number of carbonyl (C=O) groups excluding carboxylic acids is 2. The van der Waals surface area contributed by atoms with E-state index in [2.05, 4.69) is 10.3 Å². The molecule has 6 nitrogen and oxygen atoms in total. The molecular weight excluding hydrogens is 302 g/mol. The van der Waals surface area contributed by atoms with Gasteiger partial charge < -0.3 is 9.32 Å². The van der Waals surface area contributed by atoms with Crippen molar-refractivity contribution in [3.8, 4) is 0 Å². The Hall–Kier alpha value is -2.15. The Balaban J connectivity index is 1.71. The van der Waals surface area contributed by atoms with Crippen LogP contribution in [0.3, 0.4) is 0 Å². The third kappa shape index (κ3) is 2.89. The number of aromatic nitrogens is 1. The number of carbonyl (C=O) groups is 2. The SMILES string of the molecule is CC(C)C(=O)N1CCc2nc(NC(=O)c3ccco3)sc2C1.